The maximum atomic E-state index is 13.4. The van der Waals surface area contributed by atoms with Crippen LogP contribution in [0.25, 0.3) is 0 Å². The fourth-order valence-corrected chi connectivity index (χ4v) is 5.82. The molecule has 4 bridgehead atoms. The number of esters is 1. The maximum absolute atomic E-state index is 13.4. The van der Waals surface area contributed by atoms with Crippen molar-refractivity contribution in [2.75, 3.05) is 0 Å². The second kappa shape index (κ2) is 6.74. The van der Waals surface area contributed by atoms with E-state index in [1.165, 1.54) is 44.1 Å². The van der Waals surface area contributed by atoms with Crippen LogP contribution in [0, 0.1) is 17.8 Å². The van der Waals surface area contributed by atoms with Crippen molar-refractivity contribution in [1.29, 1.82) is 0 Å². The molecule has 4 aliphatic carbocycles. The summed E-state index contributed by atoms with van der Waals surface area (Å²) >= 11 is -0.632. The Morgan fingerprint density at radius 3 is 2.12 bits per heavy atom. The lowest BCUT2D eigenvalue weighted by molar-refractivity contribution is -0.433. The summed E-state index contributed by atoms with van der Waals surface area (Å²) in [6.07, 6.45) is 7.64. The van der Waals surface area contributed by atoms with Crippen molar-refractivity contribution in [3.63, 3.8) is 0 Å². The average molecular weight is 386 g/mol. The van der Waals surface area contributed by atoms with Gasteiger partial charge < -0.3 is 4.74 Å². The lowest BCUT2D eigenvalue weighted by Gasteiger charge is -2.57. The number of rotatable bonds is 6. The van der Waals surface area contributed by atoms with Gasteiger partial charge in [0.15, 0.2) is 0 Å². The van der Waals surface area contributed by atoms with Crippen molar-refractivity contribution in [1.82, 2.24) is 0 Å². The number of carbonyl (C=O) groups excluding carboxylic acids is 1. The lowest BCUT2D eigenvalue weighted by Crippen LogP contribution is -2.48. The Labute approximate surface area is 154 Å². The minimum Gasteiger partial charge on any atom is -0.421 e. The molecule has 4 aliphatic rings. The molecule has 0 aliphatic heterocycles. The van der Waals surface area contributed by atoms with Gasteiger partial charge in [-0.2, -0.15) is 8.78 Å². The molecule has 1 aromatic carbocycles. The second-order valence-corrected chi connectivity index (χ2v) is 8.67. The quantitative estimate of drug-likeness (QED) is 0.251. The summed E-state index contributed by atoms with van der Waals surface area (Å²) in [5.41, 5.74) is 1.41. The summed E-state index contributed by atoms with van der Waals surface area (Å²) < 4.78 is 35.3. The van der Waals surface area contributed by atoms with Crippen LogP contribution in [0.5, 0.6) is 5.75 Å². The molecule has 0 saturated heterocycles. The van der Waals surface area contributed by atoms with Crippen molar-refractivity contribution < 1.29 is 32.9 Å². The Morgan fingerprint density at radius 1 is 1.08 bits per heavy atom. The normalized spacial score (nSPS) is 32.7. The van der Waals surface area contributed by atoms with E-state index in [0.717, 1.165) is 17.8 Å². The molecule has 0 heterocycles. The molecule has 0 aromatic heterocycles. The molecule has 5 nitrogen and oxygen atoms in total. The highest BCUT2D eigenvalue weighted by atomic mass is 32.2. The summed E-state index contributed by atoms with van der Waals surface area (Å²) in [6, 6.07) is 6.93. The van der Waals surface area contributed by atoms with Crippen LogP contribution < -0.4 is 4.74 Å². The maximum Gasteiger partial charge on any atom is 0.416 e. The summed E-state index contributed by atoms with van der Waals surface area (Å²) in [6.45, 7) is 0. The van der Waals surface area contributed by atoms with Crippen LogP contribution in [-0.4, -0.2) is 16.5 Å². The van der Waals surface area contributed by atoms with Gasteiger partial charge in [0.2, 0.25) is 0 Å². The zero-order valence-corrected chi connectivity index (χ0v) is 14.8. The first kappa shape index (κ1) is 18.2. The summed E-state index contributed by atoms with van der Waals surface area (Å²) in [5, 5.41) is 7.01. The predicted molar refractivity (Wildman–Crippen MR) is 89.3 cm³/mol. The van der Waals surface area contributed by atoms with Gasteiger partial charge in [0.05, 0.1) is 0 Å². The van der Waals surface area contributed by atoms with Crippen LogP contribution >= 0.6 is 12.0 Å². The average Bonchev–Trinajstić information content (AvgIpc) is 2.59. The SMILES string of the molecule is O=C(Oc1ccc(C23CC4CC(CC(C4)C2)C3)cc1)C(F)(F)SOOO. The number of hydrogen-bond donors (Lipinski definition) is 1. The van der Waals surface area contributed by atoms with Crippen LogP contribution in [-0.2, 0) is 19.6 Å². The largest absolute Gasteiger partial charge is 0.421 e. The molecular formula is C18H20F2O5S. The van der Waals surface area contributed by atoms with Gasteiger partial charge in [0.25, 0.3) is 0 Å². The molecule has 4 fully saturated rings. The van der Waals surface area contributed by atoms with E-state index in [2.05, 4.69) is 9.37 Å². The van der Waals surface area contributed by atoms with E-state index < -0.39 is 23.3 Å². The van der Waals surface area contributed by atoms with E-state index in [1.54, 1.807) is 12.1 Å². The van der Waals surface area contributed by atoms with E-state index in [4.69, 9.17) is 9.99 Å². The van der Waals surface area contributed by atoms with Gasteiger partial charge in [0.1, 0.15) is 17.8 Å². The van der Waals surface area contributed by atoms with Crippen LogP contribution in [0.2, 0.25) is 0 Å². The highest BCUT2D eigenvalue weighted by molar-refractivity contribution is 7.96. The van der Waals surface area contributed by atoms with Crippen molar-refractivity contribution in [3.8, 4) is 5.75 Å². The van der Waals surface area contributed by atoms with Gasteiger partial charge >= 0.3 is 11.2 Å². The molecule has 0 radical (unpaired) electrons. The van der Waals surface area contributed by atoms with E-state index >= 15 is 0 Å². The molecule has 0 atom stereocenters. The van der Waals surface area contributed by atoms with Gasteiger partial charge in [-0.1, -0.05) is 17.2 Å². The third-order valence-corrected chi connectivity index (χ3v) is 6.63. The number of halogens is 2. The predicted octanol–water partition coefficient (Wildman–Crippen LogP) is 4.72. The third kappa shape index (κ3) is 3.35. The first-order valence-corrected chi connectivity index (χ1v) is 9.51. The Bertz CT molecular complexity index is 643. The smallest absolute Gasteiger partial charge is 0.416 e. The number of carbonyl (C=O) groups is 1. The van der Waals surface area contributed by atoms with Crippen LogP contribution in [0.1, 0.15) is 44.1 Å². The van der Waals surface area contributed by atoms with Crippen molar-refractivity contribution in [2.45, 2.75) is 49.2 Å². The van der Waals surface area contributed by atoms with Crippen molar-refractivity contribution in [2.24, 2.45) is 17.8 Å². The Balaban J connectivity index is 1.45. The van der Waals surface area contributed by atoms with Gasteiger partial charge in [-0.3, -0.25) is 0 Å². The fourth-order valence-electron chi connectivity index (χ4n) is 5.60. The van der Waals surface area contributed by atoms with Gasteiger partial charge in [-0.05, 0) is 79.4 Å². The Kier molecular flexibility index (Phi) is 4.71. The minimum atomic E-state index is -4.00. The van der Waals surface area contributed by atoms with Gasteiger partial charge in [0, 0.05) is 0 Å². The fraction of sp³-hybridized carbons (Fsp3) is 0.611. The third-order valence-electron chi connectivity index (χ3n) is 6.12. The summed E-state index contributed by atoms with van der Waals surface area (Å²) in [4.78, 5) is 11.5. The molecule has 0 amide bonds. The Morgan fingerprint density at radius 2 is 1.62 bits per heavy atom. The highest BCUT2D eigenvalue weighted by Gasteiger charge is 2.51. The van der Waals surface area contributed by atoms with Crippen molar-refractivity contribution >= 4 is 18.0 Å². The summed E-state index contributed by atoms with van der Waals surface area (Å²) in [5.74, 6) is 0.686. The number of hydrogen-bond acceptors (Lipinski definition) is 6. The molecule has 5 rings (SSSR count). The first-order valence-electron chi connectivity index (χ1n) is 8.77. The lowest BCUT2D eigenvalue weighted by atomic mass is 9.48. The van der Waals surface area contributed by atoms with E-state index in [9.17, 15) is 13.6 Å². The topological polar surface area (TPSA) is 65.0 Å². The molecule has 1 aromatic rings. The molecule has 26 heavy (non-hydrogen) atoms. The zero-order chi connectivity index (χ0) is 18.4. The molecule has 142 valence electrons. The number of alkyl halides is 2. The first-order chi connectivity index (χ1) is 12.4. The van der Waals surface area contributed by atoms with Crippen LogP contribution in [0.4, 0.5) is 8.78 Å². The van der Waals surface area contributed by atoms with Crippen LogP contribution in [0.15, 0.2) is 24.3 Å². The number of benzene rings is 1. The van der Waals surface area contributed by atoms with Crippen LogP contribution in [0.3, 0.4) is 0 Å². The monoisotopic (exact) mass is 386 g/mol. The summed E-state index contributed by atoms with van der Waals surface area (Å²) in [7, 11) is 0. The molecule has 0 unspecified atom stereocenters. The Hall–Kier alpha value is -1.22. The number of ether oxygens (including phenoxy) is 1. The molecule has 4 saturated carbocycles. The zero-order valence-electron chi connectivity index (χ0n) is 14.0. The van der Waals surface area contributed by atoms with E-state index in [0.29, 0.717) is 0 Å². The molecule has 8 heteroatoms. The van der Waals surface area contributed by atoms with Gasteiger partial charge in [-0.15, -0.1) is 4.33 Å². The van der Waals surface area contributed by atoms with E-state index in [1.807, 2.05) is 12.1 Å². The molecular weight excluding hydrogens is 366 g/mol. The molecule has 1 N–H and O–H groups in total. The van der Waals surface area contributed by atoms with E-state index in [-0.39, 0.29) is 11.2 Å². The standard InChI is InChI=1S/C18H20F2O5S/c19-18(20,26-25-24-22)16(21)23-15-3-1-14(2-4-15)17-8-11-5-12(9-17)7-13(6-11)10-17/h1-4,11-13,22H,5-10H2. The second-order valence-electron chi connectivity index (χ2n) is 7.85. The minimum absolute atomic E-state index is 0.0497. The van der Waals surface area contributed by atoms with Crippen molar-refractivity contribution in [3.05, 3.63) is 29.8 Å². The molecule has 0 spiro atoms. The van der Waals surface area contributed by atoms with Gasteiger partial charge in [-0.25, -0.2) is 10.1 Å². The highest BCUT2D eigenvalue weighted by Crippen LogP contribution is 2.60.